The molecular weight excluding hydrogens is 266 g/mol. The fraction of sp³-hybridized carbons (Fsp3) is 0.455. The lowest BCUT2D eigenvalue weighted by molar-refractivity contribution is -0.380. The second-order valence-corrected chi connectivity index (χ2v) is 5.57. The van der Waals surface area contributed by atoms with Gasteiger partial charge >= 0.3 is 5.00 Å². The van der Waals surface area contributed by atoms with E-state index in [0.29, 0.717) is 10.9 Å². The average Bonchev–Trinajstić information content (AvgIpc) is 2.82. The van der Waals surface area contributed by atoms with Gasteiger partial charge in [-0.05, 0) is 18.3 Å². The van der Waals surface area contributed by atoms with Crippen molar-refractivity contribution < 1.29 is 4.92 Å². The highest BCUT2D eigenvalue weighted by atomic mass is 32.1. The van der Waals surface area contributed by atoms with Crippen LogP contribution in [0.25, 0.3) is 10.2 Å². The molecule has 3 rings (SSSR count). The van der Waals surface area contributed by atoms with Crippen LogP contribution in [-0.4, -0.2) is 40.6 Å². The maximum atomic E-state index is 10.9. The van der Waals surface area contributed by atoms with Crippen molar-refractivity contribution in [3.05, 3.63) is 22.5 Å². The molecule has 2 aromatic rings. The van der Waals surface area contributed by atoms with Crippen molar-refractivity contribution in [2.45, 2.75) is 13.0 Å². The highest BCUT2D eigenvalue weighted by molar-refractivity contribution is 7.21. The van der Waals surface area contributed by atoms with E-state index in [1.165, 1.54) is 6.33 Å². The molecule has 1 N–H and O–H groups in total. The topological polar surface area (TPSA) is 84.2 Å². The van der Waals surface area contributed by atoms with Gasteiger partial charge in [0.25, 0.3) is 0 Å². The Hall–Kier alpha value is -1.80. The summed E-state index contributed by atoms with van der Waals surface area (Å²) in [6.45, 7) is 4.69. The number of rotatable bonds is 2. The van der Waals surface area contributed by atoms with Crippen molar-refractivity contribution in [1.29, 1.82) is 0 Å². The Balaban J connectivity index is 2.05. The summed E-state index contributed by atoms with van der Waals surface area (Å²) in [4.78, 5) is 21.7. The number of thiophene rings is 1. The van der Waals surface area contributed by atoms with E-state index in [4.69, 9.17) is 0 Å². The van der Waals surface area contributed by atoms with Gasteiger partial charge in [-0.25, -0.2) is 9.97 Å². The van der Waals surface area contributed by atoms with Crippen LogP contribution in [0.5, 0.6) is 0 Å². The van der Waals surface area contributed by atoms with Crippen LogP contribution in [0.4, 0.5) is 10.8 Å². The minimum Gasteiger partial charge on any atom is -0.353 e. The molecule has 7 nitrogen and oxygen atoms in total. The molecule has 0 amide bonds. The molecule has 8 heteroatoms. The van der Waals surface area contributed by atoms with E-state index in [0.717, 1.165) is 42.2 Å². The van der Waals surface area contributed by atoms with E-state index in [1.54, 1.807) is 6.07 Å². The molecule has 1 fully saturated rings. The number of nitro groups is 1. The third kappa shape index (κ3) is 2.24. The second kappa shape index (κ2) is 4.71. The summed E-state index contributed by atoms with van der Waals surface area (Å²) in [7, 11) is 0. The zero-order valence-corrected chi connectivity index (χ0v) is 11.2. The van der Waals surface area contributed by atoms with Crippen LogP contribution in [0.1, 0.15) is 6.92 Å². The zero-order chi connectivity index (χ0) is 13.4. The summed E-state index contributed by atoms with van der Waals surface area (Å²) >= 11 is 1.09. The van der Waals surface area contributed by atoms with Gasteiger partial charge in [0, 0.05) is 31.7 Å². The van der Waals surface area contributed by atoms with Crippen LogP contribution in [0.3, 0.4) is 0 Å². The van der Waals surface area contributed by atoms with Crippen molar-refractivity contribution in [1.82, 2.24) is 15.3 Å². The number of hydrogen-bond donors (Lipinski definition) is 1. The molecule has 0 spiro atoms. The number of aromatic nitrogens is 2. The van der Waals surface area contributed by atoms with Gasteiger partial charge in [-0.3, -0.25) is 10.1 Å². The Bertz CT molecular complexity index is 629. The Labute approximate surface area is 113 Å². The fourth-order valence-electron chi connectivity index (χ4n) is 2.30. The number of fused-ring (bicyclic) bond motifs is 1. The molecule has 1 aliphatic rings. The normalized spacial score (nSPS) is 19.8. The molecule has 19 heavy (non-hydrogen) atoms. The van der Waals surface area contributed by atoms with Crippen LogP contribution < -0.4 is 10.2 Å². The highest BCUT2D eigenvalue weighted by Crippen LogP contribution is 2.34. The molecule has 1 aliphatic heterocycles. The SMILES string of the molecule is C[C@H]1CN(c2ncnc3sc([N+](=O)[O-])cc23)CCN1. The van der Waals surface area contributed by atoms with E-state index in [1.807, 2.05) is 0 Å². The zero-order valence-electron chi connectivity index (χ0n) is 10.4. The van der Waals surface area contributed by atoms with E-state index < -0.39 is 0 Å². The summed E-state index contributed by atoms with van der Waals surface area (Å²) in [5.41, 5.74) is 0. The molecule has 3 heterocycles. The molecule has 100 valence electrons. The number of piperazine rings is 1. The molecule has 1 atom stereocenters. The number of hydrogen-bond acceptors (Lipinski definition) is 7. The molecule has 0 aromatic carbocycles. The lowest BCUT2D eigenvalue weighted by atomic mass is 10.2. The van der Waals surface area contributed by atoms with Crippen LogP contribution in [-0.2, 0) is 0 Å². The summed E-state index contributed by atoms with van der Waals surface area (Å²) in [6, 6.07) is 1.95. The number of nitrogens with zero attached hydrogens (tertiary/aromatic N) is 4. The fourth-order valence-corrected chi connectivity index (χ4v) is 3.11. The molecule has 0 radical (unpaired) electrons. The van der Waals surface area contributed by atoms with Crippen molar-refractivity contribution >= 4 is 32.4 Å². The molecule has 0 aliphatic carbocycles. The van der Waals surface area contributed by atoms with Crippen molar-refractivity contribution in [3.63, 3.8) is 0 Å². The van der Waals surface area contributed by atoms with E-state index >= 15 is 0 Å². The molecule has 2 aromatic heterocycles. The standard InChI is InChI=1S/C11H13N5O2S/c1-7-5-15(3-2-12-7)10-8-4-9(16(17)18)19-11(8)14-6-13-10/h4,6-7,12H,2-3,5H2,1H3/t7-/m0/s1. The van der Waals surface area contributed by atoms with Crippen LogP contribution in [0.15, 0.2) is 12.4 Å². The summed E-state index contributed by atoms with van der Waals surface area (Å²) < 4.78 is 0. The Morgan fingerprint density at radius 3 is 3.16 bits per heavy atom. The predicted molar refractivity (Wildman–Crippen MR) is 73.7 cm³/mol. The first-order valence-electron chi connectivity index (χ1n) is 6.02. The maximum Gasteiger partial charge on any atom is 0.326 e. The summed E-state index contributed by atoms with van der Waals surface area (Å²) in [6.07, 6.45) is 1.48. The average molecular weight is 279 g/mol. The Morgan fingerprint density at radius 2 is 2.42 bits per heavy atom. The molecule has 1 saturated heterocycles. The lowest BCUT2D eigenvalue weighted by Gasteiger charge is -2.32. The first-order valence-corrected chi connectivity index (χ1v) is 6.84. The molecular formula is C11H13N5O2S. The van der Waals surface area contributed by atoms with Gasteiger partial charge in [0.1, 0.15) is 17.0 Å². The molecule has 0 saturated carbocycles. The smallest absolute Gasteiger partial charge is 0.326 e. The first kappa shape index (κ1) is 12.2. The Kier molecular flexibility index (Phi) is 3.03. The van der Waals surface area contributed by atoms with Gasteiger partial charge in [0.05, 0.1) is 10.3 Å². The third-order valence-electron chi connectivity index (χ3n) is 3.14. The van der Waals surface area contributed by atoms with E-state index in [-0.39, 0.29) is 9.92 Å². The van der Waals surface area contributed by atoms with Crippen molar-refractivity contribution in [3.8, 4) is 0 Å². The van der Waals surface area contributed by atoms with Gasteiger partial charge in [0.2, 0.25) is 0 Å². The van der Waals surface area contributed by atoms with Crippen molar-refractivity contribution in [2.75, 3.05) is 24.5 Å². The van der Waals surface area contributed by atoms with Gasteiger partial charge < -0.3 is 10.2 Å². The van der Waals surface area contributed by atoms with Gasteiger partial charge in [-0.2, -0.15) is 0 Å². The maximum absolute atomic E-state index is 10.9. The van der Waals surface area contributed by atoms with Crippen LogP contribution >= 0.6 is 11.3 Å². The summed E-state index contributed by atoms with van der Waals surface area (Å²) in [5, 5.41) is 15.1. The van der Waals surface area contributed by atoms with Crippen LogP contribution in [0.2, 0.25) is 0 Å². The van der Waals surface area contributed by atoms with Crippen LogP contribution in [0, 0.1) is 10.1 Å². The number of anilines is 1. The van der Waals surface area contributed by atoms with Gasteiger partial charge in [-0.15, -0.1) is 0 Å². The van der Waals surface area contributed by atoms with E-state index in [9.17, 15) is 10.1 Å². The molecule has 0 unspecified atom stereocenters. The quantitative estimate of drug-likeness (QED) is 0.660. The monoisotopic (exact) mass is 279 g/mol. The van der Waals surface area contributed by atoms with E-state index in [2.05, 4.69) is 27.1 Å². The lowest BCUT2D eigenvalue weighted by Crippen LogP contribution is -2.49. The predicted octanol–water partition coefficient (Wildman–Crippen LogP) is 1.40. The minimum absolute atomic E-state index is 0.111. The van der Waals surface area contributed by atoms with Gasteiger partial charge in [-0.1, -0.05) is 0 Å². The number of nitrogens with one attached hydrogen (secondary N) is 1. The largest absolute Gasteiger partial charge is 0.353 e. The second-order valence-electron chi connectivity index (χ2n) is 4.56. The Morgan fingerprint density at radius 1 is 1.58 bits per heavy atom. The van der Waals surface area contributed by atoms with Gasteiger partial charge in [0.15, 0.2) is 0 Å². The third-order valence-corrected chi connectivity index (χ3v) is 4.14. The first-order chi connectivity index (χ1) is 9.15. The highest BCUT2D eigenvalue weighted by Gasteiger charge is 2.22. The summed E-state index contributed by atoms with van der Waals surface area (Å²) in [5.74, 6) is 0.794. The van der Waals surface area contributed by atoms with Crippen molar-refractivity contribution in [2.24, 2.45) is 0 Å². The minimum atomic E-state index is -0.378. The molecule has 0 bridgehead atoms.